The predicted octanol–water partition coefficient (Wildman–Crippen LogP) is 4.88. The minimum absolute atomic E-state index is 0.0454. The maximum Gasteiger partial charge on any atom is 0.416 e. The zero-order valence-corrected chi connectivity index (χ0v) is 20.8. The summed E-state index contributed by atoms with van der Waals surface area (Å²) >= 11 is 0.949. The fraction of sp³-hybridized carbons (Fsp3) is 0.320. The summed E-state index contributed by atoms with van der Waals surface area (Å²) in [6, 6.07) is 5.88. The fourth-order valence-electron chi connectivity index (χ4n) is 4.47. The number of carbonyl (C=O) groups is 1. The summed E-state index contributed by atoms with van der Waals surface area (Å²) < 4.78 is 86.9. The van der Waals surface area contributed by atoms with Crippen molar-refractivity contribution in [2.24, 2.45) is 4.99 Å². The second kappa shape index (κ2) is 10.3. The number of hydrogen-bond acceptors (Lipinski definition) is 6. The van der Waals surface area contributed by atoms with Crippen molar-refractivity contribution in [3.63, 3.8) is 0 Å². The van der Waals surface area contributed by atoms with Gasteiger partial charge in [0.15, 0.2) is 5.17 Å². The van der Waals surface area contributed by atoms with Crippen LogP contribution in [-0.4, -0.2) is 63.7 Å². The van der Waals surface area contributed by atoms with Gasteiger partial charge in [0, 0.05) is 11.9 Å². The van der Waals surface area contributed by atoms with E-state index in [9.17, 15) is 36.2 Å². The van der Waals surface area contributed by atoms with Crippen LogP contribution in [0.25, 0.3) is 16.5 Å². The molecule has 2 aliphatic heterocycles. The molecule has 0 unspecified atom stereocenters. The van der Waals surface area contributed by atoms with Gasteiger partial charge in [0.2, 0.25) is 0 Å². The molecule has 2 aromatic carbocycles. The molecule has 206 valence electrons. The number of aliphatic imine (C=N–C) groups is 1. The Kier molecular flexibility index (Phi) is 7.20. The molecule has 2 aliphatic rings. The van der Waals surface area contributed by atoms with E-state index in [1.54, 1.807) is 23.1 Å². The van der Waals surface area contributed by atoms with Gasteiger partial charge in [-0.05, 0) is 59.1 Å². The van der Waals surface area contributed by atoms with Gasteiger partial charge in [-0.25, -0.2) is 0 Å². The maximum atomic E-state index is 13.9. The van der Waals surface area contributed by atoms with Gasteiger partial charge in [0.25, 0.3) is 5.91 Å². The number of aliphatic hydroxyl groups is 1. The Morgan fingerprint density at radius 1 is 1.13 bits per heavy atom. The molecule has 1 saturated heterocycles. The lowest BCUT2D eigenvalue weighted by Crippen LogP contribution is -2.49. The van der Waals surface area contributed by atoms with E-state index in [1.807, 2.05) is 0 Å². The first-order chi connectivity index (χ1) is 18.5. The van der Waals surface area contributed by atoms with Crippen LogP contribution >= 0.6 is 11.8 Å². The van der Waals surface area contributed by atoms with Gasteiger partial charge >= 0.3 is 12.4 Å². The number of hydrogen-bond donors (Lipinski definition) is 2. The number of fused-ring (bicyclic) bond motifs is 1. The summed E-state index contributed by atoms with van der Waals surface area (Å²) in [5.74, 6) is -0.694. The summed E-state index contributed by atoms with van der Waals surface area (Å²) in [6.45, 7) is 0.601. The van der Waals surface area contributed by atoms with Gasteiger partial charge in [0.05, 0.1) is 53.6 Å². The Labute approximate surface area is 221 Å². The molecule has 3 heterocycles. The number of aromatic amines is 1. The highest BCUT2D eigenvalue weighted by atomic mass is 32.2. The van der Waals surface area contributed by atoms with E-state index >= 15 is 0 Å². The van der Waals surface area contributed by atoms with Crippen LogP contribution in [0.5, 0.6) is 0 Å². The molecule has 14 heteroatoms. The number of alkyl halides is 6. The molecular formula is C25H20F6N4O3S. The maximum absolute atomic E-state index is 13.9. The van der Waals surface area contributed by atoms with E-state index < -0.39 is 47.4 Å². The Morgan fingerprint density at radius 2 is 1.92 bits per heavy atom. The molecule has 7 nitrogen and oxygen atoms in total. The molecule has 1 fully saturated rings. The van der Waals surface area contributed by atoms with Crippen molar-refractivity contribution in [2.45, 2.75) is 24.8 Å². The van der Waals surface area contributed by atoms with Crippen LogP contribution in [0, 0.1) is 0 Å². The molecule has 0 bridgehead atoms. The van der Waals surface area contributed by atoms with Gasteiger partial charge in [-0.1, -0.05) is 12.1 Å². The number of halogens is 6. The highest BCUT2D eigenvalue weighted by molar-refractivity contribution is 8.18. The monoisotopic (exact) mass is 570 g/mol. The molecule has 1 atom stereocenters. The smallest absolute Gasteiger partial charge is 0.394 e. The van der Waals surface area contributed by atoms with E-state index in [0.29, 0.717) is 35.7 Å². The average Bonchev–Trinajstić information content (AvgIpc) is 3.52. The third-order valence-electron chi connectivity index (χ3n) is 6.44. The molecule has 3 aromatic rings. The molecule has 0 saturated carbocycles. The third kappa shape index (κ3) is 5.54. The number of nitrogens with one attached hydrogen (secondary N) is 1. The summed E-state index contributed by atoms with van der Waals surface area (Å²) in [6.07, 6.45) is -9.02. The molecule has 1 aromatic heterocycles. The van der Waals surface area contributed by atoms with Crippen LogP contribution in [-0.2, 0) is 28.3 Å². The van der Waals surface area contributed by atoms with Crippen molar-refractivity contribution in [2.75, 3.05) is 26.4 Å². The quantitative estimate of drug-likeness (QED) is 0.344. The molecule has 2 N–H and O–H groups in total. The van der Waals surface area contributed by atoms with Gasteiger partial charge in [-0.3, -0.25) is 9.89 Å². The summed E-state index contributed by atoms with van der Waals surface area (Å²) in [7, 11) is 0. The minimum atomic E-state index is -5.07. The number of aliphatic hydroxyl groups excluding tert-OH is 1. The number of benzene rings is 2. The summed E-state index contributed by atoms with van der Waals surface area (Å²) in [5, 5.41) is 17.3. The van der Waals surface area contributed by atoms with Gasteiger partial charge in [0.1, 0.15) is 0 Å². The first-order valence-electron chi connectivity index (χ1n) is 11.7. The first kappa shape index (κ1) is 27.2. The summed E-state index contributed by atoms with van der Waals surface area (Å²) in [5.41, 5.74) is -2.07. The zero-order chi connectivity index (χ0) is 27.9. The first-order valence-corrected chi connectivity index (χ1v) is 12.5. The van der Waals surface area contributed by atoms with Gasteiger partial charge in [-0.15, -0.1) is 0 Å². The van der Waals surface area contributed by atoms with E-state index in [1.165, 1.54) is 6.20 Å². The van der Waals surface area contributed by atoms with Crippen LogP contribution in [0.3, 0.4) is 0 Å². The Bertz CT molecular complexity index is 1480. The second-order valence-corrected chi connectivity index (χ2v) is 9.91. The van der Waals surface area contributed by atoms with Crippen molar-refractivity contribution in [1.29, 1.82) is 0 Å². The molecule has 5 rings (SSSR count). The van der Waals surface area contributed by atoms with Crippen LogP contribution in [0.4, 0.5) is 26.3 Å². The standard InChI is InChI=1S/C25H20F6N4O3S/c26-24(27,28)16-3-1-14(19(9-16)25(29,30)31)8-18(13-2-4-20-15(7-13)10-32-34-20)21-22(37)33-23(39-21)35-5-6-38-12-17(35)11-36/h1-4,7,9-10,17,36H,5-6,8,11-12H2,(H,32,34)/t17-/m0/s1. The van der Waals surface area contributed by atoms with Gasteiger partial charge < -0.3 is 14.7 Å². The molecule has 1 amide bonds. The largest absolute Gasteiger partial charge is 0.416 e. The number of rotatable bonds is 4. The lowest BCUT2D eigenvalue weighted by molar-refractivity contribution is -0.143. The predicted molar refractivity (Wildman–Crippen MR) is 132 cm³/mol. The highest BCUT2D eigenvalue weighted by Crippen LogP contribution is 2.42. The SMILES string of the molecule is O=C1N=C(N2CCOC[C@@H]2CO)SC1=C(Cc1ccc(C(F)(F)F)cc1C(F)(F)F)c1ccc2[nH]ncc2c1. The molecule has 0 aliphatic carbocycles. The Morgan fingerprint density at radius 3 is 2.64 bits per heavy atom. The van der Waals surface area contributed by atoms with Crippen LogP contribution in [0.2, 0.25) is 0 Å². The number of allylic oxidation sites excluding steroid dienone is 1. The van der Waals surface area contributed by atoms with E-state index in [-0.39, 0.29) is 34.9 Å². The van der Waals surface area contributed by atoms with Crippen LogP contribution in [0.15, 0.2) is 52.5 Å². The normalized spacial score (nSPS) is 20.1. The number of ether oxygens (including phenoxy) is 1. The fourth-order valence-corrected chi connectivity index (χ4v) is 5.59. The molecule has 0 radical (unpaired) electrons. The third-order valence-corrected chi connectivity index (χ3v) is 7.57. The van der Waals surface area contributed by atoms with Gasteiger partial charge in [-0.2, -0.15) is 36.4 Å². The van der Waals surface area contributed by atoms with Crippen molar-refractivity contribution < 1.29 is 41.0 Å². The number of H-pyrrole nitrogens is 1. The lowest BCUT2D eigenvalue weighted by Gasteiger charge is -2.35. The number of nitrogens with zero attached hydrogens (tertiary/aromatic N) is 3. The average molecular weight is 571 g/mol. The zero-order valence-electron chi connectivity index (χ0n) is 19.9. The van der Waals surface area contributed by atoms with E-state index in [2.05, 4.69) is 15.2 Å². The number of carbonyl (C=O) groups excluding carboxylic acids is 1. The van der Waals surface area contributed by atoms with Crippen molar-refractivity contribution in [3.8, 4) is 0 Å². The number of amidine groups is 1. The number of morpholine rings is 1. The highest BCUT2D eigenvalue weighted by Gasteiger charge is 2.39. The van der Waals surface area contributed by atoms with E-state index in [4.69, 9.17) is 4.74 Å². The second-order valence-electron chi connectivity index (χ2n) is 8.93. The number of thioether (sulfide) groups is 1. The van der Waals surface area contributed by atoms with Crippen LogP contribution in [0.1, 0.15) is 22.3 Å². The Balaban J connectivity index is 1.61. The van der Waals surface area contributed by atoms with Crippen molar-refractivity contribution >= 4 is 39.3 Å². The molecule has 0 spiro atoms. The topological polar surface area (TPSA) is 90.8 Å². The Hall–Kier alpha value is -3.36. The van der Waals surface area contributed by atoms with E-state index in [0.717, 1.165) is 17.8 Å². The molecule has 39 heavy (non-hydrogen) atoms. The number of aromatic nitrogens is 2. The lowest BCUT2D eigenvalue weighted by atomic mass is 9.92. The van der Waals surface area contributed by atoms with Crippen LogP contribution < -0.4 is 0 Å². The van der Waals surface area contributed by atoms with Crippen molar-refractivity contribution in [1.82, 2.24) is 15.1 Å². The number of amides is 1. The molecular weight excluding hydrogens is 550 g/mol. The van der Waals surface area contributed by atoms with Crippen molar-refractivity contribution in [3.05, 3.63) is 69.8 Å². The summed E-state index contributed by atoms with van der Waals surface area (Å²) in [4.78, 5) is 19.0. The minimum Gasteiger partial charge on any atom is -0.394 e.